The van der Waals surface area contributed by atoms with E-state index in [4.69, 9.17) is 54.8 Å². The number of benzene rings is 21. The van der Waals surface area contributed by atoms with E-state index in [1.54, 1.807) is 0 Å². The van der Waals surface area contributed by atoms with Crippen molar-refractivity contribution in [1.82, 2.24) is 54.8 Å². The van der Waals surface area contributed by atoms with Gasteiger partial charge in [-0.15, -0.1) is 11.3 Å². The number of fused-ring (bicyclic) bond motifs is 27. The maximum atomic E-state index is 5.37. The normalized spacial score (nSPS) is 11.7. The van der Waals surface area contributed by atoms with Crippen molar-refractivity contribution in [2.45, 2.75) is 0 Å². The van der Waals surface area contributed by atoms with E-state index in [-0.39, 0.29) is 0 Å². The van der Waals surface area contributed by atoms with Crippen LogP contribution in [0.1, 0.15) is 0 Å². The molecule has 145 heavy (non-hydrogen) atoms. The Morgan fingerprint density at radius 1 is 0.166 bits per heavy atom. The van der Waals surface area contributed by atoms with E-state index < -0.39 is 0 Å². The fourth-order valence-corrected chi connectivity index (χ4v) is 23.1. The predicted molar refractivity (Wildman–Crippen MR) is 605 cm³/mol. The van der Waals surface area contributed by atoms with Gasteiger partial charge in [0, 0.05) is 175 Å². The lowest BCUT2D eigenvalue weighted by Gasteiger charge is -2.16. The van der Waals surface area contributed by atoms with E-state index in [0.29, 0.717) is 23.3 Å². The minimum Gasteiger partial charge on any atom is -0.256 e. The van der Waals surface area contributed by atoms with Gasteiger partial charge in [0.25, 0.3) is 0 Å². The van der Waals surface area contributed by atoms with Gasteiger partial charge in [-0.3, -0.25) is 15.0 Å². The molecule has 0 aliphatic rings. The van der Waals surface area contributed by atoms with Gasteiger partial charge < -0.3 is 0 Å². The number of thiophene rings is 1. The highest BCUT2D eigenvalue weighted by molar-refractivity contribution is 7.26. The third-order valence-electron chi connectivity index (χ3n) is 28.5. The third-order valence-corrected chi connectivity index (χ3v) is 29.7. The zero-order chi connectivity index (χ0) is 95.5. The number of pyridine rings is 6. The molecule has 11 nitrogen and oxygen atoms in total. The Balaban J connectivity index is 0.000000106. The molecule has 0 amide bonds. The number of nitrogens with zero attached hydrogens (tertiary/aromatic N) is 11. The molecule has 0 aliphatic heterocycles. The number of aromatic nitrogens is 11. The van der Waals surface area contributed by atoms with E-state index >= 15 is 0 Å². The van der Waals surface area contributed by atoms with Gasteiger partial charge in [0.05, 0.1) is 61.6 Å². The van der Waals surface area contributed by atoms with Crippen molar-refractivity contribution >= 4 is 194 Å². The maximum Gasteiger partial charge on any atom is 0.164 e. The summed E-state index contributed by atoms with van der Waals surface area (Å²) in [5, 5.41) is 30.1. The van der Waals surface area contributed by atoms with Crippen LogP contribution < -0.4 is 0 Å². The summed E-state index contributed by atoms with van der Waals surface area (Å²) < 4.78 is 2.65. The van der Waals surface area contributed by atoms with E-state index in [2.05, 4.69) is 358 Å². The van der Waals surface area contributed by atoms with Crippen LogP contribution in [0.2, 0.25) is 0 Å². The Bertz CT molecular complexity index is 10100. The molecule has 0 radical (unpaired) electrons. The van der Waals surface area contributed by atoms with E-state index in [1.807, 2.05) is 133 Å². The van der Waals surface area contributed by atoms with Gasteiger partial charge in [-0.25, -0.2) is 39.9 Å². The smallest absolute Gasteiger partial charge is 0.164 e. The van der Waals surface area contributed by atoms with Crippen molar-refractivity contribution in [3.8, 4) is 113 Å². The lowest BCUT2D eigenvalue weighted by atomic mass is 9.90. The lowest BCUT2D eigenvalue weighted by molar-refractivity contribution is 1.08. The van der Waals surface area contributed by atoms with Crippen molar-refractivity contribution in [2.75, 3.05) is 0 Å². The van der Waals surface area contributed by atoms with Crippen LogP contribution in [-0.4, -0.2) is 54.8 Å². The summed E-state index contributed by atoms with van der Waals surface area (Å²) >= 11 is 1.88. The highest BCUT2D eigenvalue weighted by Crippen LogP contribution is 2.50. The van der Waals surface area contributed by atoms with Crippen LogP contribution in [-0.2, 0) is 0 Å². The van der Waals surface area contributed by atoms with Crippen LogP contribution in [0.4, 0.5) is 0 Å². The molecular weight excluding hydrogens is 1780 g/mol. The molecule has 672 valence electrons. The Morgan fingerprint density at radius 2 is 0.510 bits per heavy atom. The average Bonchev–Trinajstić information content (AvgIpc) is 1.56. The summed E-state index contributed by atoms with van der Waals surface area (Å²) in [5.41, 5.74) is 22.2. The molecule has 9 aromatic heterocycles. The third kappa shape index (κ3) is 14.4. The molecule has 21 aromatic carbocycles. The molecule has 0 unspecified atom stereocenters. The SMILES string of the molecule is c1ccc(-c2cc(-c3ccccc3)nc(-c3ccc(-c4nc5ccccc5c5c4ccc4ncc6ccccc6c45)c4ccccc34)n2)cc1.c1ccc(-c2nc(-c3ccccc3)nc(-c3ccc(-c4nc5ccccc5c5c4ccc4ncc6ccccc6c45)c4ccccc34)n2)cc1.c1cnc2c(c1)ccc1ccc3c(-c4ccc(-c5cccc6c5sc5ccccc56)c5ccccc45)nc4ccccc4c3c12. The molecule has 30 rings (SSSR count). The fraction of sp³-hybridized carbons (Fsp3) is 0. The zero-order valence-electron chi connectivity index (χ0n) is 77.9. The molecule has 0 N–H and O–H groups in total. The molecule has 9 heterocycles. The first kappa shape index (κ1) is 83.9. The number of hydrogen-bond donors (Lipinski definition) is 0. The number of rotatable bonds is 10. The highest BCUT2D eigenvalue weighted by Gasteiger charge is 2.27. The predicted octanol–water partition coefficient (Wildman–Crippen LogP) is 34.7. The van der Waals surface area contributed by atoms with Crippen molar-refractivity contribution in [3.05, 3.63) is 480 Å². The Labute approximate surface area is 835 Å². The molecule has 0 aliphatic carbocycles. The quantitative estimate of drug-likeness (QED) is 0.121. The van der Waals surface area contributed by atoms with Gasteiger partial charge in [0.1, 0.15) is 0 Å². The van der Waals surface area contributed by atoms with Gasteiger partial charge in [-0.1, -0.05) is 388 Å². The zero-order valence-corrected chi connectivity index (χ0v) is 78.8. The molecular formula is C133H79N11S. The molecule has 30 aromatic rings. The first-order chi connectivity index (χ1) is 71.9. The lowest BCUT2D eigenvalue weighted by Crippen LogP contribution is -2.01. The second-order valence-electron chi connectivity index (χ2n) is 36.7. The second kappa shape index (κ2) is 35.0. The summed E-state index contributed by atoms with van der Waals surface area (Å²) in [6, 6.07) is 162. The highest BCUT2D eigenvalue weighted by atomic mass is 32.1. The molecule has 12 heteroatoms. The fourth-order valence-electron chi connectivity index (χ4n) is 21.9. The van der Waals surface area contributed by atoms with Crippen LogP contribution in [0.25, 0.3) is 296 Å². The van der Waals surface area contributed by atoms with Gasteiger partial charge >= 0.3 is 0 Å². The summed E-state index contributed by atoms with van der Waals surface area (Å²) in [5.74, 6) is 2.59. The molecule has 0 fully saturated rings. The standard InChI is InChI=1S/C46H28N4.C45H27N5.C42H24N2S/c1-3-13-29(14-4-1)41-27-42(30-15-5-2-6-16-30)50-46(49-41)36-24-23-35(33-19-9-10-20-34(33)36)45-38-25-26-40-44(32-18-8-7-17-31(32)28-47-40)43(38)37-21-11-12-22-39(37)48-45;1-3-13-28(14-4-1)43-48-44(29-15-5-2-6-16-29)50-45(49-43)35-24-23-34(32-19-9-10-20-33(32)35)42-37-25-26-39-41(31-18-8-7-17-30(31)27-46-39)40(37)36-21-11-12-22-38(36)47-42;1-2-11-28-27(10-1)29(32-14-7-15-33-30-12-4-6-17-37(30)45-42(32)33)22-23-31(28)41-35-21-20-25-18-19-26-9-8-24-43-40(26)38(25)39(35)34-13-3-5-16-36(34)44-41/h1-28H;1-27H;1-24H. The van der Waals surface area contributed by atoms with Crippen LogP contribution in [0.15, 0.2) is 480 Å². The van der Waals surface area contributed by atoms with Crippen molar-refractivity contribution < 1.29 is 0 Å². The summed E-state index contributed by atoms with van der Waals surface area (Å²) in [6.07, 6.45) is 5.83. The minimum absolute atomic E-state index is 0.625. The van der Waals surface area contributed by atoms with Crippen LogP contribution in [0.3, 0.4) is 0 Å². The molecule has 0 saturated heterocycles. The molecule has 0 saturated carbocycles. The van der Waals surface area contributed by atoms with E-state index in [0.717, 1.165) is 198 Å². The van der Waals surface area contributed by atoms with Crippen molar-refractivity contribution in [3.63, 3.8) is 0 Å². The van der Waals surface area contributed by atoms with Gasteiger partial charge in [0.15, 0.2) is 23.3 Å². The first-order valence-corrected chi connectivity index (χ1v) is 49.6. The Morgan fingerprint density at radius 3 is 0.993 bits per heavy atom. The second-order valence-corrected chi connectivity index (χ2v) is 37.8. The van der Waals surface area contributed by atoms with Crippen LogP contribution in [0.5, 0.6) is 0 Å². The van der Waals surface area contributed by atoms with Crippen molar-refractivity contribution in [2.24, 2.45) is 0 Å². The van der Waals surface area contributed by atoms with Gasteiger partial charge in [-0.05, 0) is 127 Å². The Kier molecular flexibility index (Phi) is 20.2. The van der Waals surface area contributed by atoms with Gasteiger partial charge in [-0.2, -0.15) is 0 Å². The van der Waals surface area contributed by atoms with Crippen LogP contribution >= 0.6 is 11.3 Å². The van der Waals surface area contributed by atoms with Crippen LogP contribution in [0, 0.1) is 0 Å². The first-order valence-electron chi connectivity index (χ1n) is 48.7. The maximum absolute atomic E-state index is 5.37. The number of para-hydroxylation sites is 3. The number of hydrogen-bond acceptors (Lipinski definition) is 12. The minimum atomic E-state index is 0.625. The van der Waals surface area contributed by atoms with E-state index in [1.165, 1.54) is 74.4 Å². The monoisotopic (exact) mass is 1860 g/mol. The van der Waals surface area contributed by atoms with E-state index in [9.17, 15) is 0 Å². The molecule has 0 atom stereocenters. The Hall–Kier alpha value is -19.3. The molecule has 0 bridgehead atoms. The average molecular weight is 1860 g/mol. The summed E-state index contributed by atoms with van der Waals surface area (Å²) in [4.78, 5) is 56.1. The van der Waals surface area contributed by atoms with Crippen molar-refractivity contribution in [1.29, 1.82) is 0 Å². The topological polar surface area (TPSA) is 142 Å². The summed E-state index contributed by atoms with van der Waals surface area (Å²) in [6.45, 7) is 0. The summed E-state index contributed by atoms with van der Waals surface area (Å²) in [7, 11) is 0. The largest absolute Gasteiger partial charge is 0.256 e. The molecule has 0 spiro atoms. The van der Waals surface area contributed by atoms with Gasteiger partial charge in [0.2, 0.25) is 0 Å².